The second kappa shape index (κ2) is 14.5. The van der Waals surface area contributed by atoms with E-state index in [1.54, 1.807) is 18.2 Å². The van der Waals surface area contributed by atoms with Crippen molar-refractivity contribution in [3.63, 3.8) is 0 Å². The fourth-order valence-corrected chi connectivity index (χ4v) is 5.78. The molecule has 0 aliphatic rings. The fraction of sp³-hybridized carbons (Fsp3) is 0.345. The van der Waals surface area contributed by atoms with Gasteiger partial charge in [0.2, 0.25) is 5.91 Å². The molecule has 1 aromatic heterocycles. The zero-order valence-corrected chi connectivity index (χ0v) is 28.4. The van der Waals surface area contributed by atoms with Crippen LogP contribution in [0.15, 0.2) is 28.4 Å². The van der Waals surface area contributed by atoms with Crippen LogP contribution in [-0.2, 0) is 20.3 Å². The molecule has 46 heavy (non-hydrogen) atoms. The van der Waals surface area contributed by atoms with Crippen molar-refractivity contribution >= 4 is 73.7 Å². The molecule has 3 rings (SSSR count). The van der Waals surface area contributed by atoms with Gasteiger partial charge in [0.05, 0.1) is 43.3 Å². The molecule has 0 unspecified atom stereocenters. The molecule has 0 saturated heterocycles. The highest BCUT2D eigenvalue weighted by molar-refractivity contribution is 7.85. The van der Waals surface area contributed by atoms with Gasteiger partial charge < -0.3 is 10.2 Å². The van der Waals surface area contributed by atoms with Crippen molar-refractivity contribution in [3.05, 3.63) is 55.7 Å². The van der Waals surface area contributed by atoms with E-state index in [1.807, 2.05) is 44.7 Å². The van der Waals surface area contributed by atoms with Crippen LogP contribution >= 0.6 is 34.8 Å². The molecule has 0 saturated carbocycles. The summed E-state index contributed by atoms with van der Waals surface area (Å²) in [5.74, 6) is -0.927. The van der Waals surface area contributed by atoms with Crippen molar-refractivity contribution in [2.75, 3.05) is 29.1 Å². The van der Waals surface area contributed by atoms with Gasteiger partial charge in [0.25, 0.3) is 10.1 Å². The second-order valence-corrected chi connectivity index (χ2v) is 13.6. The summed E-state index contributed by atoms with van der Waals surface area (Å²) in [6.45, 7) is 9.42. The summed E-state index contributed by atoms with van der Waals surface area (Å²) < 4.78 is 32.6. The number of hydrogen-bond acceptors (Lipinski definition) is 10. The molecule has 0 aliphatic carbocycles. The molecule has 1 heterocycles. The minimum Gasteiger partial charge on any atom is -0.372 e. The molecule has 0 aliphatic heterocycles. The number of azo groups is 1. The Hall–Kier alpha value is -4.23. The zero-order valence-electron chi connectivity index (χ0n) is 25.4. The summed E-state index contributed by atoms with van der Waals surface area (Å²) in [7, 11) is -4.12. The summed E-state index contributed by atoms with van der Waals surface area (Å²) >= 11 is 19.5. The minimum absolute atomic E-state index is 0.0241. The van der Waals surface area contributed by atoms with Gasteiger partial charge in [0.15, 0.2) is 5.82 Å². The predicted molar refractivity (Wildman–Crippen MR) is 175 cm³/mol. The first-order valence-corrected chi connectivity index (χ1v) is 16.3. The van der Waals surface area contributed by atoms with Gasteiger partial charge in [-0.2, -0.15) is 29.3 Å². The number of nitriles is 3. The monoisotopic (exact) mass is 703 g/mol. The highest BCUT2D eigenvalue weighted by atomic mass is 35.5. The van der Waals surface area contributed by atoms with Gasteiger partial charge in [-0.15, -0.1) is 10.2 Å². The van der Waals surface area contributed by atoms with Crippen LogP contribution in [-0.4, -0.2) is 47.5 Å². The van der Waals surface area contributed by atoms with E-state index in [0.717, 1.165) is 4.68 Å². The van der Waals surface area contributed by atoms with E-state index >= 15 is 0 Å². The SMILES string of the molecule is CCN(CCCS(=O)(=O)O)c1ccc(N=Nc2c(C#N)c(C(C)(C)C)nn2-c2c(Cl)c(Cl)c(C#N)c(C#N)c2Cl)c(NC(C)=O)c1. The quantitative estimate of drug-likeness (QED) is 0.124. The lowest BCUT2D eigenvalue weighted by Crippen LogP contribution is -2.25. The molecule has 0 atom stereocenters. The molecule has 240 valence electrons. The smallest absolute Gasteiger partial charge is 0.264 e. The Balaban J connectivity index is 2.26. The molecular weight excluding hydrogens is 677 g/mol. The van der Waals surface area contributed by atoms with Crippen molar-refractivity contribution in [1.82, 2.24) is 9.78 Å². The Morgan fingerprint density at radius 1 is 1.04 bits per heavy atom. The predicted octanol–water partition coefficient (Wildman–Crippen LogP) is 7.22. The Morgan fingerprint density at radius 3 is 2.17 bits per heavy atom. The lowest BCUT2D eigenvalue weighted by Gasteiger charge is -2.24. The highest BCUT2D eigenvalue weighted by Gasteiger charge is 2.31. The third-order valence-electron chi connectivity index (χ3n) is 6.54. The van der Waals surface area contributed by atoms with Crippen LogP contribution in [0.4, 0.5) is 22.9 Å². The first-order chi connectivity index (χ1) is 21.5. The van der Waals surface area contributed by atoms with E-state index in [4.69, 9.17) is 39.4 Å². The largest absolute Gasteiger partial charge is 0.372 e. The molecule has 3 aromatic rings. The molecule has 0 bridgehead atoms. The number of amides is 1. The Morgan fingerprint density at radius 2 is 1.65 bits per heavy atom. The van der Waals surface area contributed by atoms with Crippen molar-refractivity contribution in [2.24, 2.45) is 10.2 Å². The molecular formula is C29H28Cl3N9O4S. The number of carbonyl (C=O) groups is 1. The maximum atomic E-state index is 12.1. The van der Waals surface area contributed by atoms with Crippen LogP contribution in [0, 0.1) is 34.0 Å². The number of anilines is 2. The van der Waals surface area contributed by atoms with Crippen molar-refractivity contribution in [1.29, 1.82) is 15.8 Å². The van der Waals surface area contributed by atoms with Gasteiger partial charge in [-0.05, 0) is 31.5 Å². The lowest BCUT2D eigenvalue weighted by molar-refractivity contribution is -0.114. The number of rotatable bonds is 10. The normalized spacial score (nSPS) is 11.6. The Kier molecular flexibility index (Phi) is 11.4. The first kappa shape index (κ1) is 36.2. The standard InChI is InChI=1S/C29H28Cl3N9O4S/c1-6-40(10-7-11-46(43,44)45)17-8-9-21(22(12-17)36-16(2)42)37-38-28-20(15-35)27(29(3,4)5)39-41(28)26-24(31)19(14-34)18(13-33)23(30)25(26)32/h8-9,12H,6-7,10-11H2,1-5H3,(H,36,42)(H,43,44,45). The van der Waals surface area contributed by atoms with E-state index < -0.39 is 27.2 Å². The number of carbonyl (C=O) groups excluding carboxylic acids is 1. The van der Waals surface area contributed by atoms with Crippen LogP contribution < -0.4 is 10.2 Å². The number of halogens is 3. The number of aromatic nitrogens is 2. The van der Waals surface area contributed by atoms with E-state index in [9.17, 15) is 29.0 Å². The fourth-order valence-electron chi connectivity index (χ4n) is 4.44. The number of nitrogens with one attached hydrogen (secondary N) is 1. The molecule has 1 amide bonds. The third kappa shape index (κ3) is 7.94. The maximum Gasteiger partial charge on any atom is 0.264 e. The van der Waals surface area contributed by atoms with Gasteiger partial charge in [-0.1, -0.05) is 55.6 Å². The van der Waals surface area contributed by atoms with E-state index in [1.165, 1.54) is 6.92 Å². The van der Waals surface area contributed by atoms with Crippen LogP contribution in [0.1, 0.15) is 63.4 Å². The number of hydrogen-bond donors (Lipinski definition) is 2. The average molecular weight is 705 g/mol. The van der Waals surface area contributed by atoms with E-state index in [-0.39, 0.29) is 61.1 Å². The number of nitrogens with zero attached hydrogens (tertiary/aromatic N) is 8. The Bertz CT molecular complexity index is 1970. The summed E-state index contributed by atoms with van der Waals surface area (Å²) in [4.78, 5) is 14.0. The van der Waals surface area contributed by atoms with Gasteiger partial charge in [0, 0.05) is 31.1 Å². The minimum atomic E-state index is -4.12. The van der Waals surface area contributed by atoms with Crippen molar-refractivity contribution < 1.29 is 17.8 Å². The zero-order chi connectivity index (χ0) is 34.6. The van der Waals surface area contributed by atoms with Crippen LogP contribution in [0.5, 0.6) is 0 Å². The molecule has 13 nitrogen and oxygen atoms in total. The first-order valence-electron chi connectivity index (χ1n) is 13.6. The van der Waals surface area contributed by atoms with Gasteiger partial charge in [0.1, 0.15) is 35.1 Å². The maximum absolute atomic E-state index is 12.1. The third-order valence-corrected chi connectivity index (χ3v) is 8.55. The number of benzene rings is 2. The summed E-state index contributed by atoms with van der Waals surface area (Å²) in [5, 5.41) is 44.8. The molecule has 17 heteroatoms. The van der Waals surface area contributed by atoms with E-state index in [0.29, 0.717) is 24.5 Å². The topological polar surface area (TPSA) is 201 Å². The molecule has 0 radical (unpaired) electrons. The van der Waals surface area contributed by atoms with Gasteiger partial charge in [-0.25, -0.2) is 4.68 Å². The van der Waals surface area contributed by atoms with Gasteiger partial charge in [-0.3, -0.25) is 9.35 Å². The molecule has 0 fully saturated rings. The highest BCUT2D eigenvalue weighted by Crippen LogP contribution is 2.44. The molecule has 2 N–H and O–H groups in total. The van der Waals surface area contributed by atoms with Gasteiger partial charge >= 0.3 is 0 Å². The van der Waals surface area contributed by atoms with E-state index in [2.05, 4.69) is 26.7 Å². The summed E-state index contributed by atoms with van der Waals surface area (Å²) in [6.07, 6.45) is 0.165. The van der Waals surface area contributed by atoms with Crippen LogP contribution in [0.3, 0.4) is 0 Å². The summed E-state index contributed by atoms with van der Waals surface area (Å²) in [5.41, 5.74) is 0.153. The molecule has 0 spiro atoms. The van der Waals surface area contributed by atoms with Crippen molar-refractivity contribution in [3.8, 4) is 23.9 Å². The average Bonchev–Trinajstić information content (AvgIpc) is 3.34. The van der Waals surface area contributed by atoms with Crippen molar-refractivity contribution in [2.45, 2.75) is 46.5 Å². The lowest BCUT2D eigenvalue weighted by atomic mass is 9.90. The second-order valence-electron chi connectivity index (χ2n) is 10.9. The van der Waals surface area contributed by atoms with Crippen LogP contribution in [0.2, 0.25) is 15.1 Å². The Labute approximate surface area is 281 Å². The summed E-state index contributed by atoms with van der Waals surface area (Å²) in [6, 6.07) is 10.7. The molecule has 2 aromatic carbocycles. The van der Waals surface area contributed by atoms with Crippen LogP contribution in [0.25, 0.3) is 5.69 Å².